The Morgan fingerprint density at radius 3 is 2.31 bits per heavy atom. The molecule has 1 aliphatic heterocycles. The number of carbonyl (C=O) groups excluding carboxylic acids is 1. The van der Waals surface area contributed by atoms with Crippen molar-refractivity contribution in [2.75, 3.05) is 17.8 Å². The van der Waals surface area contributed by atoms with Gasteiger partial charge in [-0.3, -0.25) is 9.52 Å². The van der Waals surface area contributed by atoms with Crippen LogP contribution in [-0.4, -0.2) is 44.5 Å². The second kappa shape index (κ2) is 8.97. The molecule has 2 aromatic rings. The van der Waals surface area contributed by atoms with Crippen molar-refractivity contribution >= 4 is 21.6 Å². The summed E-state index contributed by atoms with van der Waals surface area (Å²) in [5.41, 5.74) is 1.71. The number of aryl methyl sites for hydroxylation is 1. The molecule has 2 atom stereocenters. The van der Waals surface area contributed by atoms with Crippen molar-refractivity contribution in [1.82, 2.24) is 4.90 Å². The second-order valence-corrected chi connectivity index (χ2v) is 9.19. The average Bonchev–Trinajstić information content (AvgIpc) is 2.67. The third-order valence-electron chi connectivity index (χ3n) is 4.88. The molecule has 7 heteroatoms. The number of sulfonamides is 1. The number of para-hydroxylation sites is 1. The van der Waals surface area contributed by atoms with Crippen molar-refractivity contribution in [1.29, 1.82) is 0 Å². The molecule has 1 heterocycles. The molecule has 1 fully saturated rings. The van der Waals surface area contributed by atoms with E-state index in [0.29, 0.717) is 18.7 Å². The van der Waals surface area contributed by atoms with Crippen LogP contribution < -0.4 is 4.72 Å². The number of benzene rings is 2. The van der Waals surface area contributed by atoms with E-state index in [2.05, 4.69) is 11.6 Å². The Morgan fingerprint density at radius 1 is 1.07 bits per heavy atom. The molecule has 6 nitrogen and oxygen atoms in total. The van der Waals surface area contributed by atoms with Crippen LogP contribution in [0.1, 0.15) is 43.1 Å². The van der Waals surface area contributed by atoms with Gasteiger partial charge in [-0.05, 0) is 50.1 Å². The van der Waals surface area contributed by atoms with Crippen LogP contribution in [-0.2, 0) is 21.2 Å². The van der Waals surface area contributed by atoms with E-state index in [4.69, 9.17) is 4.74 Å². The summed E-state index contributed by atoms with van der Waals surface area (Å²) in [6, 6.07) is 13.6. The summed E-state index contributed by atoms with van der Waals surface area (Å²) in [6.07, 6.45) is 1.78. The van der Waals surface area contributed by atoms with E-state index in [1.54, 1.807) is 41.3 Å². The molecule has 0 aromatic heterocycles. The Bertz CT molecular complexity index is 947. The van der Waals surface area contributed by atoms with E-state index in [0.717, 1.165) is 18.4 Å². The van der Waals surface area contributed by atoms with Crippen LogP contribution in [0.5, 0.6) is 0 Å². The van der Waals surface area contributed by atoms with Crippen molar-refractivity contribution in [2.24, 2.45) is 0 Å². The van der Waals surface area contributed by atoms with Crippen LogP contribution in [0.4, 0.5) is 5.69 Å². The topological polar surface area (TPSA) is 75.7 Å². The van der Waals surface area contributed by atoms with Crippen LogP contribution in [0.25, 0.3) is 0 Å². The van der Waals surface area contributed by atoms with E-state index in [-0.39, 0.29) is 28.7 Å². The fraction of sp³-hybridized carbons (Fsp3) is 0.409. The maximum atomic E-state index is 13.1. The first kappa shape index (κ1) is 21.3. The van der Waals surface area contributed by atoms with Gasteiger partial charge >= 0.3 is 0 Å². The first-order valence-electron chi connectivity index (χ1n) is 9.95. The zero-order chi connectivity index (χ0) is 21.0. The Balaban J connectivity index is 1.84. The van der Waals surface area contributed by atoms with Crippen LogP contribution in [0.15, 0.2) is 53.4 Å². The van der Waals surface area contributed by atoms with Gasteiger partial charge in [0.1, 0.15) is 0 Å². The first-order chi connectivity index (χ1) is 13.8. The van der Waals surface area contributed by atoms with Crippen LogP contribution >= 0.6 is 0 Å². The number of hydrogen-bond acceptors (Lipinski definition) is 4. The fourth-order valence-corrected chi connectivity index (χ4v) is 4.68. The largest absolute Gasteiger partial charge is 0.372 e. The van der Waals surface area contributed by atoms with Crippen molar-refractivity contribution < 1.29 is 17.9 Å². The molecule has 2 unspecified atom stereocenters. The van der Waals surface area contributed by atoms with E-state index < -0.39 is 10.0 Å². The van der Waals surface area contributed by atoms with Gasteiger partial charge in [-0.1, -0.05) is 37.6 Å². The number of amides is 1. The minimum Gasteiger partial charge on any atom is -0.372 e. The molecule has 1 amide bonds. The van der Waals surface area contributed by atoms with Gasteiger partial charge in [0, 0.05) is 13.1 Å². The van der Waals surface area contributed by atoms with Gasteiger partial charge < -0.3 is 9.64 Å². The molecule has 0 aliphatic carbocycles. The van der Waals surface area contributed by atoms with Crippen LogP contribution in [0.3, 0.4) is 0 Å². The summed E-state index contributed by atoms with van der Waals surface area (Å²) < 4.78 is 34.0. The molecule has 0 spiro atoms. The van der Waals surface area contributed by atoms with Crippen molar-refractivity contribution in [3.05, 3.63) is 59.7 Å². The van der Waals surface area contributed by atoms with Gasteiger partial charge in [0.2, 0.25) is 0 Å². The van der Waals surface area contributed by atoms with E-state index in [9.17, 15) is 13.2 Å². The van der Waals surface area contributed by atoms with Crippen molar-refractivity contribution in [3.8, 4) is 0 Å². The molecule has 2 aromatic carbocycles. The minimum absolute atomic E-state index is 0.0619. The summed E-state index contributed by atoms with van der Waals surface area (Å²) in [6.45, 7) is 6.88. The monoisotopic (exact) mass is 416 g/mol. The molecule has 3 rings (SSSR count). The van der Waals surface area contributed by atoms with Crippen molar-refractivity contribution in [2.45, 2.75) is 50.7 Å². The molecule has 0 saturated carbocycles. The number of hydrogen-bond donors (Lipinski definition) is 1. The third kappa shape index (κ3) is 5.16. The van der Waals surface area contributed by atoms with Crippen LogP contribution in [0.2, 0.25) is 0 Å². The molecule has 0 radical (unpaired) electrons. The lowest BCUT2D eigenvalue weighted by atomic mass is 10.1. The molecular weight excluding hydrogens is 388 g/mol. The zero-order valence-corrected chi connectivity index (χ0v) is 17.9. The van der Waals surface area contributed by atoms with Gasteiger partial charge in [0.25, 0.3) is 15.9 Å². The highest BCUT2D eigenvalue weighted by molar-refractivity contribution is 7.92. The number of nitrogens with zero attached hydrogens (tertiary/aromatic N) is 1. The minimum atomic E-state index is -3.80. The molecule has 1 aliphatic rings. The standard InChI is InChI=1S/C22H28N2O4S/c1-4-7-18-10-12-19(13-11-18)29(26,27)23-21-9-6-5-8-20(21)22(25)24-14-16(2)28-17(3)15-24/h5-6,8-13,16-17,23H,4,7,14-15H2,1-3H3. The smallest absolute Gasteiger partial charge is 0.261 e. The highest BCUT2D eigenvalue weighted by atomic mass is 32.2. The molecule has 1 N–H and O–H groups in total. The van der Waals surface area contributed by atoms with E-state index in [1.807, 2.05) is 26.0 Å². The van der Waals surface area contributed by atoms with Gasteiger partial charge in [-0.15, -0.1) is 0 Å². The Morgan fingerprint density at radius 2 is 1.69 bits per heavy atom. The summed E-state index contributed by atoms with van der Waals surface area (Å²) in [4.78, 5) is 15.0. The first-order valence-corrected chi connectivity index (χ1v) is 11.4. The molecule has 0 bridgehead atoms. The maximum Gasteiger partial charge on any atom is 0.261 e. The van der Waals surface area contributed by atoms with Crippen molar-refractivity contribution in [3.63, 3.8) is 0 Å². The molecule has 156 valence electrons. The highest BCUT2D eigenvalue weighted by Gasteiger charge is 2.28. The van der Waals surface area contributed by atoms with Gasteiger partial charge in [-0.25, -0.2) is 8.42 Å². The average molecular weight is 417 g/mol. The lowest BCUT2D eigenvalue weighted by Gasteiger charge is -2.35. The fourth-order valence-electron chi connectivity index (χ4n) is 3.60. The number of nitrogens with one attached hydrogen (secondary N) is 1. The predicted molar refractivity (Wildman–Crippen MR) is 114 cm³/mol. The Hall–Kier alpha value is -2.38. The van der Waals surface area contributed by atoms with Gasteiger partial charge in [0.05, 0.1) is 28.4 Å². The van der Waals surface area contributed by atoms with Crippen LogP contribution in [0, 0.1) is 0 Å². The highest BCUT2D eigenvalue weighted by Crippen LogP contribution is 2.23. The zero-order valence-electron chi connectivity index (χ0n) is 17.1. The summed E-state index contributed by atoms with van der Waals surface area (Å²) in [5.74, 6) is -0.205. The summed E-state index contributed by atoms with van der Waals surface area (Å²) >= 11 is 0. The number of rotatable bonds is 6. The summed E-state index contributed by atoms with van der Waals surface area (Å²) in [5, 5.41) is 0. The number of anilines is 1. The second-order valence-electron chi connectivity index (χ2n) is 7.51. The Labute approximate surface area is 172 Å². The number of carbonyl (C=O) groups is 1. The molecule has 29 heavy (non-hydrogen) atoms. The van der Waals surface area contributed by atoms with E-state index in [1.165, 1.54) is 0 Å². The quantitative estimate of drug-likeness (QED) is 0.779. The third-order valence-corrected chi connectivity index (χ3v) is 6.26. The van der Waals surface area contributed by atoms with Gasteiger partial charge in [-0.2, -0.15) is 0 Å². The lowest BCUT2D eigenvalue weighted by molar-refractivity contribution is -0.0585. The maximum absolute atomic E-state index is 13.1. The number of morpholine rings is 1. The SMILES string of the molecule is CCCc1ccc(S(=O)(=O)Nc2ccccc2C(=O)N2CC(C)OC(C)C2)cc1. The number of ether oxygens (including phenoxy) is 1. The predicted octanol–water partition coefficient (Wildman–Crippen LogP) is 3.69. The lowest BCUT2D eigenvalue weighted by Crippen LogP contribution is -2.48. The molecular formula is C22H28N2O4S. The molecule has 1 saturated heterocycles. The normalized spacial score (nSPS) is 19.8. The van der Waals surface area contributed by atoms with Gasteiger partial charge in [0.15, 0.2) is 0 Å². The summed E-state index contributed by atoms with van der Waals surface area (Å²) in [7, 11) is -3.80. The Kier molecular flexibility index (Phi) is 6.59. The van der Waals surface area contributed by atoms with E-state index >= 15 is 0 Å².